The summed E-state index contributed by atoms with van der Waals surface area (Å²) < 4.78 is 0. The summed E-state index contributed by atoms with van der Waals surface area (Å²) in [5.74, 6) is 1.03. The Morgan fingerprint density at radius 3 is 2.25 bits per heavy atom. The van der Waals surface area contributed by atoms with Gasteiger partial charge < -0.3 is 5.73 Å². The average molecular weight is 238 g/mol. The van der Waals surface area contributed by atoms with Gasteiger partial charge in [-0.3, -0.25) is 5.41 Å². The lowest BCUT2D eigenvalue weighted by Crippen LogP contribution is -2.21. The number of aromatic nitrogens is 2. The first-order valence-electron chi connectivity index (χ1n) is 5.20. The quantitative estimate of drug-likeness (QED) is 0.364. The molecule has 0 radical (unpaired) electrons. The topological polar surface area (TPSA) is 75.7 Å². The molecule has 0 amide bonds. The van der Waals surface area contributed by atoms with E-state index in [0.29, 0.717) is 0 Å². The molecule has 1 aromatic heterocycles. The van der Waals surface area contributed by atoms with Crippen LogP contribution in [0.2, 0.25) is 0 Å². The van der Waals surface area contributed by atoms with Crippen LogP contribution in [-0.4, -0.2) is 21.6 Å². The molecule has 3 N–H and O–H groups in total. The minimum Gasteiger partial charge on any atom is -0.387 e. The van der Waals surface area contributed by atoms with E-state index in [4.69, 9.17) is 11.1 Å². The molecule has 0 aromatic carbocycles. The van der Waals surface area contributed by atoms with E-state index in [1.54, 1.807) is 11.8 Å². The Labute approximate surface area is 101 Å². The normalized spacial score (nSPS) is 12.5. The predicted molar refractivity (Wildman–Crippen MR) is 68.0 cm³/mol. The Kier molecular flexibility index (Phi) is 4.29. The summed E-state index contributed by atoms with van der Waals surface area (Å²) in [6.07, 6.45) is 0. The zero-order valence-corrected chi connectivity index (χ0v) is 11.0. The van der Waals surface area contributed by atoms with Gasteiger partial charge in [-0.15, -0.1) is 0 Å². The van der Waals surface area contributed by atoms with Crippen LogP contribution in [0.5, 0.6) is 0 Å². The van der Waals surface area contributed by atoms with Crippen LogP contribution >= 0.6 is 11.8 Å². The Morgan fingerprint density at radius 2 is 1.81 bits per heavy atom. The lowest BCUT2D eigenvalue weighted by Gasteiger charge is -2.09. The van der Waals surface area contributed by atoms with Crippen molar-refractivity contribution < 1.29 is 0 Å². The molecule has 1 rings (SSSR count). The van der Waals surface area contributed by atoms with Crippen LogP contribution in [0, 0.1) is 32.1 Å². The number of nitrogens with zero attached hydrogens (tertiary/aromatic N) is 2. The molecule has 1 heterocycles. The van der Waals surface area contributed by atoms with E-state index < -0.39 is 0 Å². The fourth-order valence-corrected chi connectivity index (χ4v) is 2.08. The second-order valence-electron chi connectivity index (χ2n) is 3.97. The summed E-state index contributed by atoms with van der Waals surface area (Å²) in [4.78, 5) is 8.81. The number of aryl methyl sites for hydroxylation is 2. The third-order valence-corrected chi connectivity index (χ3v) is 3.71. The number of rotatable bonds is 4. The van der Waals surface area contributed by atoms with Crippen molar-refractivity contribution in [1.29, 1.82) is 5.41 Å². The molecule has 0 aliphatic heterocycles. The van der Waals surface area contributed by atoms with Gasteiger partial charge in [0.1, 0.15) is 0 Å². The molecule has 16 heavy (non-hydrogen) atoms. The molecule has 1 aromatic rings. The number of nitrogens with two attached hydrogens (primary N) is 1. The van der Waals surface area contributed by atoms with E-state index in [1.165, 1.54) is 0 Å². The molecule has 4 nitrogen and oxygen atoms in total. The Hall–Kier alpha value is -1.10. The van der Waals surface area contributed by atoms with Crippen LogP contribution in [0.3, 0.4) is 0 Å². The second-order valence-corrected chi connectivity index (χ2v) is 4.96. The highest BCUT2D eigenvalue weighted by Gasteiger charge is 2.09. The minimum absolute atomic E-state index is 0.0653. The molecule has 0 fully saturated rings. The van der Waals surface area contributed by atoms with Crippen molar-refractivity contribution in [3.05, 3.63) is 17.0 Å². The van der Waals surface area contributed by atoms with Crippen LogP contribution in [0.4, 0.5) is 0 Å². The molecule has 0 aliphatic rings. The molecule has 1 unspecified atom stereocenters. The Bertz CT molecular complexity index is 380. The van der Waals surface area contributed by atoms with E-state index in [0.717, 1.165) is 27.9 Å². The maximum atomic E-state index is 7.31. The van der Waals surface area contributed by atoms with Crippen LogP contribution in [0.1, 0.15) is 23.9 Å². The standard InChI is InChI=1S/C11H18N4S/c1-6(10(12)13)5-16-11-14-8(3)7(2)9(4)15-11/h6H,5H2,1-4H3,(H3,12,13). The highest BCUT2D eigenvalue weighted by Crippen LogP contribution is 2.19. The van der Waals surface area contributed by atoms with Crippen molar-refractivity contribution in [3.8, 4) is 0 Å². The van der Waals surface area contributed by atoms with Crippen LogP contribution in [-0.2, 0) is 0 Å². The molecule has 0 bridgehead atoms. The van der Waals surface area contributed by atoms with E-state index in [2.05, 4.69) is 9.97 Å². The largest absolute Gasteiger partial charge is 0.387 e. The first kappa shape index (κ1) is 13.0. The van der Waals surface area contributed by atoms with E-state index in [1.807, 2.05) is 27.7 Å². The van der Waals surface area contributed by atoms with Gasteiger partial charge in [-0.1, -0.05) is 18.7 Å². The summed E-state index contributed by atoms with van der Waals surface area (Å²) in [5, 5.41) is 8.08. The van der Waals surface area contributed by atoms with Crippen molar-refractivity contribution in [2.45, 2.75) is 32.9 Å². The second kappa shape index (κ2) is 5.30. The van der Waals surface area contributed by atoms with Gasteiger partial charge in [0.2, 0.25) is 0 Å². The third kappa shape index (κ3) is 3.20. The van der Waals surface area contributed by atoms with Gasteiger partial charge in [0.05, 0.1) is 5.84 Å². The predicted octanol–water partition coefficient (Wildman–Crippen LogP) is 2.07. The fourth-order valence-electron chi connectivity index (χ4n) is 1.10. The maximum absolute atomic E-state index is 7.31. The number of amidine groups is 1. The average Bonchev–Trinajstić information content (AvgIpc) is 2.22. The van der Waals surface area contributed by atoms with E-state index in [-0.39, 0.29) is 11.8 Å². The first-order chi connectivity index (χ1) is 7.41. The summed E-state index contributed by atoms with van der Waals surface area (Å²) in [6, 6.07) is 0. The number of hydrogen-bond donors (Lipinski definition) is 2. The van der Waals surface area contributed by atoms with Gasteiger partial charge in [-0.05, 0) is 26.3 Å². The van der Waals surface area contributed by atoms with Gasteiger partial charge in [0, 0.05) is 23.1 Å². The lowest BCUT2D eigenvalue weighted by molar-refractivity contribution is 0.853. The smallest absolute Gasteiger partial charge is 0.188 e. The Balaban J connectivity index is 2.72. The monoisotopic (exact) mass is 238 g/mol. The number of nitrogens with one attached hydrogen (secondary N) is 1. The summed E-state index contributed by atoms with van der Waals surface area (Å²) >= 11 is 1.55. The molecule has 0 saturated heterocycles. The highest BCUT2D eigenvalue weighted by atomic mass is 32.2. The van der Waals surface area contributed by atoms with Crippen LogP contribution in [0.15, 0.2) is 5.16 Å². The van der Waals surface area contributed by atoms with Crippen LogP contribution in [0.25, 0.3) is 0 Å². The SMILES string of the molecule is Cc1nc(SCC(C)C(=N)N)nc(C)c1C. The summed E-state index contributed by atoms with van der Waals surface area (Å²) in [7, 11) is 0. The zero-order chi connectivity index (χ0) is 12.3. The fraction of sp³-hybridized carbons (Fsp3) is 0.545. The number of hydrogen-bond acceptors (Lipinski definition) is 4. The molecule has 5 heteroatoms. The van der Waals surface area contributed by atoms with Crippen molar-refractivity contribution in [2.75, 3.05) is 5.75 Å². The highest BCUT2D eigenvalue weighted by molar-refractivity contribution is 7.99. The van der Waals surface area contributed by atoms with Gasteiger partial charge in [0.25, 0.3) is 0 Å². The maximum Gasteiger partial charge on any atom is 0.188 e. The molecule has 88 valence electrons. The van der Waals surface area contributed by atoms with E-state index in [9.17, 15) is 0 Å². The van der Waals surface area contributed by atoms with Gasteiger partial charge in [0.15, 0.2) is 5.16 Å². The number of thioether (sulfide) groups is 1. The third-order valence-electron chi connectivity index (χ3n) is 2.61. The molecule has 0 aliphatic carbocycles. The zero-order valence-electron chi connectivity index (χ0n) is 10.2. The molecule has 1 atom stereocenters. The molecular weight excluding hydrogens is 220 g/mol. The molecule has 0 saturated carbocycles. The molecular formula is C11H18N4S. The van der Waals surface area contributed by atoms with Gasteiger partial charge in [-0.2, -0.15) is 0 Å². The van der Waals surface area contributed by atoms with E-state index >= 15 is 0 Å². The van der Waals surface area contributed by atoms with Crippen LogP contribution < -0.4 is 5.73 Å². The van der Waals surface area contributed by atoms with Gasteiger partial charge in [-0.25, -0.2) is 9.97 Å². The molecule has 0 spiro atoms. The van der Waals surface area contributed by atoms with Crippen molar-refractivity contribution in [2.24, 2.45) is 11.7 Å². The van der Waals surface area contributed by atoms with Crippen molar-refractivity contribution in [1.82, 2.24) is 9.97 Å². The van der Waals surface area contributed by atoms with Gasteiger partial charge >= 0.3 is 0 Å². The Morgan fingerprint density at radius 1 is 1.31 bits per heavy atom. The first-order valence-corrected chi connectivity index (χ1v) is 6.19. The summed E-state index contributed by atoms with van der Waals surface area (Å²) in [6.45, 7) is 7.94. The van der Waals surface area contributed by atoms with Crippen molar-refractivity contribution >= 4 is 17.6 Å². The summed E-state index contributed by atoms with van der Waals surface area (Å²) in [5.41, 5.74) is 8.59. The lowest BCUT2D eigenvalue weighted by atomic mass is 10.2. The minimum atomic E-state index is 0.0653. The van der Waals surface area contributed by atoms with Crippen molar-refractivity contribution in [3.63, 3.8) is 0 Å².